The van der Waals surface area contributed by atoms with Gasteiger partial charge >= 0.3 is 21.6 Å². The van der Waals surface area contributed by atoms with Crippen LogP contribution in [0.15, 0.2) is 66.9 Å². The molecule has 5 nitrogen and oxygen atoms in total. The Labute approximate surface area is 141 Å². The fraction of sp³-hybridized carbons (Fsp3) is 0.0625. The summed E-state index contributed by atoms with van der Waals surface area (Å²) in [5.74, 6) is -1.37. The molecule has 9 heteroatoms. The van der Waals surface area contributed by atoms with Crippen LogP contribution < -0.4 is 0 Å². The fourth-order valence-electron chi connectivity index (χ4n) is 1.65. The van der Waals surface area contributed by atoms with E-state index in [-0.39, 0.29) is 17.4 Å². The lowest BCUT2D eigenvalue weighted by atomic mass is 10.2. The van der Waals surface area contributed by atoms with Crippen molar-refractivity contribution in [3.05, 3.63) is 78.1 Å². The van der Waals surface area contributed by atoms with Crippen molar-refractivity contribution < 1.29 is 35.3 Å². The van der Waals surface area contributed by atoms with Gasteiger partial charge in [0.1, 0.15) is 6.26 Å². The number of esters is 1. The summed E-state index contributed by atoms with van der Waals surface area (Å²) in [6, 6.07) is 15.1. The minimum atomic E-state index is -5.87. The van der Waals surface area contributed by atoms with Gasteiger partial charge in [-0.2, -0.15) is 21.6 Å². The second-order valence-corrected chi connectivity index (χ2v) is 6.16. The summed E-state index contributed by atoms with van der Waals surface area (Å²) in [4.78, 5) is 12.1. The normalized spacial score (nSPS) is 12.5. The van der Waals surface area contributed by atoms with Gasteiger partial charge in [-0.1, -0.05) is 48.5 Å². The summed E-state index contributed by atoms with van der Waals surface area (Å²) in [5, 5.41) is 0. The minimum Gasteiger partial charge on any atom is -0.419 e. The Hall–Kier alpha value is -2.81. The van der Waals surface area contributed by atoms with Crippen LogP contribution in [-0.2, 0) is 19.0 Å². The third-order valence-corrected chi connectivity index (χ3v) is 3.75. The summed E-state index contributed by atoms with van der Waals surface area (Å²) in [6.07, 6.45) is 0.235. The Morgan fingerprint density at radius 3 is 1.84 bits per heavy atom. The van der Waals surface area contributed by atoms with Crippen molar-refractivity contribution in [2.24, 2.45) is 0 Å². The maximum Gasteiger partial charge on any atom is 0.534 e. The highest BCUT2D eigenvalue weighted by Crippen LogP contribution is 2.26. The van der Waals surface area contributed by atoms with Crippen molar-refractivity contribution in [3.63, 3.8) is 0 Å². The molecule has 0 aliphatic rings. The lowest BCUT2D eigenvalue weighted by Crippen LogP contribution is -2.24. The molecule has 0 saturated carbocycles. The van der Waals surface area contributed by atoms with Crippen LogP contribution >= 0.6 is 0 Å². The summed E-state index contributed by atoms with van der Waals surface area (Å²) in [6.45, 7) is 0. The number of hydrogen-bond donors (Lipinski definition) is 0. The first kappa shape index (κ1) is 18.5. The van der Waals surface area contributed by atoms with Crippen LogP contribution in [0.3, 0.4) is 0 Å². The highest BCUT2D eigenvalue weighted by atomic mass is 32.2. The molecule has 0 amide bonds. The van der Waals surface area contributed by atoms with E-state index in [1.807, 2.05) is 0 Å². The van der Waals surface area contributed by atoms with Crippen LogP contribution in [0.5, 0.6) is 0 Å². The molecule has 132 valence electrons. The fourth-order valence-corrected chi connectivity index (χ4v) is 1.97. The van der Waals surface area contributed by atoms with Gasteiger partial charge in [0.15, 0.2) is 5.76 Å². The van der Waals surface area contributed by atoms with Gasteiger partial charge in [-0.3, -0.25) is 0 Å². The van der Waals surface area contributed by atoms with Crippen LogP contribution in [0.4, 0.5) is 13.2 Å². The molecule has 2 aromatic rings. The van der Waals surface area contributed by atoms with Crippen molar-refractivity contribution in [3.8, 4) is 0 Å². The first-order valence-electron chi connectivity index (χ1n) is 6.73. The first-order valence-corrected chi connectivity index (χ1v) is 8.14. The summed E-state index contributed by atoms with van der Waals surface area (Å²) in [7, 11) is -5.87. The van der Waals surface area contributed by atoms with E-state index < -0.39 is 27.4 Å². The molecule has 0 unspecified atom stereocenters. The molecule has 0 fully saturated rings. The molecular weight excluding hydrogens is 361 g/mol. The predicted molar refractivity (Wildman–Crippen MR) is 82.3 cm³/mol. The van der Waals surface area contributed by atoms with Gasteiger partial charge in [0.05, 0.1) is 5.56 Å². The Kier molecular flexibility index (Phi) is 5.48. The molecule has 0 N–H and O–H groups in total. The highest BCUT2D eigenvalue weighted by Gasteiger charge is 2.48. The van der Waals surface area contributed by atoms with Crippen LogP contribution in [-0.4, -0.2) is 19.9 Å². The monoisotopic (exact) mass is 372 g/mol. The highest BCUT2D eigenvalue weighted by molar-refractivity contribution is 7.87. The maximum atomic E-state index is 12.4. The second kappa shape index (κ2) is 7.39. The lowest BCUT2D eigenvalue weighted by Gasteiger charge is -2.11. The number of hydrogen-bond acceptors (Lipinski definition) is 5. The van der Waals surface area contributed by atoms with Crippen molar-refractivity contribution in [2.45, 2.75) is 5.51 Å². The lowest BCUT2D eigenvalue weighted by molar-refractivity contribution is -0.0515. The van der Waals surface area contributed by atoms with E-state index in [0.717, 1.165) is 0 Å². The standard InChI is InChI=1S/C16H11F3O5S/c17-16(18,19)25(21,22)23-11-14(12-7-3-1-4-8-12)24-15(20)13-9-5-2-6-10-13/h1-11H/b14-11-. The molecule has 0 atom stereocenters. The minimum absolute atomic E-state index is 0.128. The zero-order valence-corrected chi connectivity index (χ0v) is 13.3. The van der Waals surface area contributed by atoms with E-state index in [2.05, 4.69) is 4.18 Å². The first-order chi connectivity index (χ1) is 11.7. The number of ether oxygens (including phenoxy) is 1. The van der Waals surface area contributed by atoms with E-state index in [4.69, 9.17) is 4.74 Å². The molecule has 0 radical (unpaired) electrons. The number of benzene rings is 2. The summed E-state index contributed by atoms with van der Waals surface area (Å²) >= 11 is 0. The van der Waals surface area contributed by atoms with Crippen LogP contribution in [0.2, 0.25) is 0 Å². The summed E-state index contributed by atoms with van der Waals surface area (Å²) < 4.78 is 68.0. The van der Waals surface area contributed by atoms with Crippen molar-refractivity contribution >= 4 is 21.8 Å². The predicted octanol–water partition coefficient (Wildman–Crippen LogP) is 3.71. The molecule has 0 spiro atoms. The molecule has 0 bridgehead atoms. The smallest absolute Gasteiger partial charge is 0.419 e. The Morgan fingerprint density at radius 1 is 0.880 bits per heavy atom. The van der Waals surface area contributed by atoms with Crippen molar-refractivity contribution in [1.29, 1.82) is 0 Å². The largest absolute Gasteiger partial charge is 0.534 e. The Bertz CT molecular complexity index is 860. The van der Waals surface area contributed by atoms with Crippen LogP contribution in [0, 0.1) is 0 Å². The van der Waals surface area contributed by atoms with E-state index in [1.54, 1.807) is 24.3 Å². The van der Waals surface area contributed by atoms with Crippen LogP contribution in [0.1, 0.15) is 15.9 Å². The molecule has 0 aliphatic heterocycles. The molecule has 0 aliphatic carbocycles. The molecule has 0 saturated heterocycles. The van der Waals surface area contributed by atoms with Gasteiger partial charge < -0.3 is 8.92 Å². The van der Waals surface area contributed by atoms with E-state index in [0.29, 0.717) is 0 Å². The van der Waals surface area contributed by atoms with Gasteiger partial charge in [0, 0.05) is 5.56 Å². The number of rotatable bonds is 5. The number of carbonyl (C=O) groups excluding carboxylic acids is 1. The van der Waals surface area contributed by atoms with Crippen molar-refractivity contribution in [1.82, 2.24) is 0 Å². The molecular formula is C16H11F3O5S. The van der Waals surface area contributed by atoms with Gasteiger partial charge in [-0.05, 0) is 12.1 Å². The average Bonchev–Trinajstić information content (AvgIpc) is 2.59. The zero-order chi connectivity index (χ0) is 18.5. The molecule has 0 aromatic heterocycles. The third-order valence-electron chi connectivity index (χ3n) is 2.84. The number of carbonyl (C=O) groups is 1. The molecule has 2 rings (SSSR count). The average molecular weight is 372 g/mol. The quantitative estimate of drug-likeness (QED) is 0.346. The van der Waals surface area contributed by atoms with Gasteiger partial charge in [-0.15, -0.1) is 0 Å². The molecule has 0 heterocycles. The third kappa shape index (κ3) is 4.83. The topological polar surface area (TPSA) is 69.7 Å². The Morgan fingerprint density at radius 2 is 1.36 bits per heavy atom. The SMILES string of the molecule is O=C(O/C(=C\OS(=O)(=O)C(F)(F)F)c1ccccc1)c1ccccc1. The van der Waals surface area contributed by atoms with Crippen LogP contribution in [0.25, 0.3) is 5.76 Å². The van der Waals surface area contributed by atoms with Crippen molar-refractivity contribution in [2.75, 3.05) is 0 Å². The van der Waals surface area contributed by atoms with E-state index in [1.165, 1.54) is 36.4 Å². The van der Waals surface area contributed by atoms with E-state index >= 15 is 0 Å². The number of halogens is 3. The second-order valence-electron chi connectivity index (χ2n) is 4.60. The van der Waals surface area contributed by atoms with Gasteiger partial charge in [0.2, 0.25) is 0 Å². The molecule has 25 heavy (non-hydrogen) atoms. The Balaban J connectivity index is 2.32. The van der Waals surface area contributed by atoms with Gasteiger partial charge in [0.25, 0.3) is 0 Å². The maximum absolute atomic E-state index is 12.4. The summed E-state index contributed by atoms with van der Waals surface area (Å²) in [5.41, 5.74) is -5.32. The molecule has 2 aromatic carbocycles. The zero-order valence-electron chi connectivity index (χ0n) is 12.4. The number of alkyl halides is 3. The van der Waals surface area contributed by atoms with E-state index in [9.17, 15) is 26.4 Å². The van der Waals surface area contributed by atoms with Gasteiger partial charge in [-0.25, -0.2) is 4.79 Å².